The van der Waals surface area contributed by atoms with E-state index in [1.807, 2.05) is 0 Å². The first-order chi connectivity index (χ1) is 9.95. The molecule has 0 aliphatic heterocycles. The molecule has 1 heterocycles. The Balaban J connectivity index is 2.04. The summed E-state index contributed by atoms with van der Waals surface area (Å²) in [5.74, 6) is -1.13. The van der Waals surface area contributed by atoms with Crippen LogP contribution in [0.2, 0.25) is 5.02 Å². The third-order valence-corrected chi connectivity index (χ3v) is 3.34. The molecule has 3 N–H and O–H groups in total. The summed E-state index contributed by atoms with van der Waals surface area (Å²) < 4.78 is 0.682. The van der Waals surface area contributed by atoms with Crippen LogP contribution in [0.15, 0.2) is 41.0 Å². The van der Waals surface area contributed by atoms with E-state index in [-0.39, 0.29) is 5.69 Å². The van der Waals surface area contributed by atoms with E-state index in [0.717, 1.165) is 0 Å². The largest absolute Gasteiger partial charge is 0.477 e. The fourth-order valence-electron chi connectivity index (χ4n) is 1.47. The van der Waals surface area contributed by atoms with E-state index >= 15 is 0 Å². The molecule has 0 saturated carbocycles. The number of nitrogens with zero attached hydrogens (tertiary/aromatic N) is 1. The second kappa shape index (κ2) is 6.55. The minimum atomic E-state index is -1.13. The number of pyridine rings is 1. The molecule has 1 aromatic carbocycles. The first-order valence-corrected chi connectivity index (χ1v) is 6.85. The summed E-state index contributed by atoms with van der Waals surface area (Å²) in [6.45, 7) is 0. The van der Waals surface area contributed by atoms with Crippen molar-refractivity contribution in [3.05, 3.63) is 51.7 Å². The van der Waals surface area contributed by atoms with Gasteiger partial charge < -0.3 is 15.7 Å². The Morgan fingerprint density at radius 3 is 2.57 bits per heavy atom. The van der Waals surface area contributed by atoms with Gasteiger partial charge in [0.25, 0.3) is 0 Å². The molecule has 2 aromatic rings. The van der Waals surface area contributed by atoms with Crippen molar-refractivity contribution in [3.63, 3.8) is 0 Å². The minimum absolute atomic E-state index is 0.0986. The van der Waals surface area contributed by atoms with E-state index in [2.05, 4.69) is 31.5 Å². The maximum atomic E-state index is 11.8. The van der Waals surface area contributed by atoms with Crippen LogP contribution in [0.25, 0.3) is 0 Å². The zero-order valence-electron chi connectivity index (χ0n) is 10.4. The summed E-state index contributed by atoms with van der Waals surface area (Å²) in [5, 5.41) is 14.4. The quantitative estimate of drug-likeness (QED) is 0.765. The molecule has 0 unspecified atom stereocenters. The average Bonchev–Trinajstić information content (AvgIpc) is 2.43. The van der Waals surface area contributed by atoms with E-state index in [1.54, 1.807) is 18.2 Å². The fourth-order valence-corrected chi connectivity index (χ4v) is 1.99. The number of benzene rings is 1. The number of rotatable bonds is 3. The molecule has 1 aromatic heterocycles. The van der Waals surface area contributed by atoms with Gasteiger partial charge in [0.15, 0.2) is 0 Å². The van der Waals surface area contributed by atoms with Gasteiger partial charge in [-0.15, -0.1) is 0 Å². The Kier molecular flexibility index (Phi) is 4.77. The first-order valence-electron chi connectivity index (χ1n) is 5.68. The molecule has 2 amide bonds. The molecule has 0 radical (unpaired) electrons. The summed E-state index contributed by atoms with van der Waals surface area (Å²) in [4.78, 5) is 26.2. The van der Waals surface area contributed by atoms with E-state index < -0.39 is 12.0 Å². The third kappa shape index (κ3) is 4.17. The third-order valence-electron chi connectivity index (χ3n) is 2.42. The smallest absolute Gasteiger partial charge is 0.354 e. The fraction of sp³-hybridized carbons (Fsp3) is 0. The van der Waals surface area contributed by atoms with Gasteiger partial charge in [-0.1, -0.05) is 11.6 Å². The number of nitrogens with one attached hydrogen (secondary N) is 2. The van der Waals surface area contributed by atoms with Crippen molar-refractivity contribution in [2.45, 2.75) is 0 Å². The number of hydrogen-bond acceptors (Lipinski definition) is 3. The highest BCUT2D eigenvalue weighted by Gasteiger charge is 2.08. The highest BCUT2D eigenvalue weighted by atomic mass is 79.9. The zero-order chi connectivity index (χ0) is 15.4. The summed E-state index contributed by atoms with van der Waals surface area (Å²) in [5.41, 5.74) is 0.782. The van der Waals surface area contributed by atoms with Gasteiger partial charge >= 0.3 is 12.0 Å². The summed E-state index contributed by atoms with van der Waals surface area (Å²) >= 11 is 9.14. The molecule has 2 rings (SSSR count). The lowest BCUT2D eigenvalue weighted by atomic mass is 10.3. The molecular weight excluding hydrogens is 362 g/mol. The van der Waals surface area contributed by atoms with Crippen molar-refractivity contribution >= 4 is 50.9 Å². The summed E-state index contributed by atoms with van der Waals surface area (Å²) in [6, 6.07) is 7.24. The van der Waals surface area contributed by atoms with Crippen molar-refractivity contribution in [1.82, 2.24) is 4.98 Å². The first kappa shape index (κ1) is 15.3. The predicted octanol–water partition coefficient (Wildman–Crippen LogP) is 3.84. The number of amides is 2. The second-order valence-corrected chi connectivity index (χ2v) is 5.23. The molecule has 108 valence electrons. The highest BCUT2D eigenvalue weighted by Crippen LogP contribution is 2.26. The lowest BCUT2D eigenvalue weighted by Gasteiger charge is -2.09. The maximum Gasteiger partial charge on any atom is 0.354 e. The van der Waals surface area contributed by atoms with Crippen LogP contribution in [0.3, 0.4) is 0 Å². The van der Waals surface area contributed by atoms with Crippen LogP contribution >= 0.6 is 27.5 Å². The van der Waals surface area contributed by atoms with Crippen molar-refractivity contribution in [3.8, 4) is 0 Å². The zero-order valence-corrected chi connectivity index (χ0v) is 12.8. The molecule has 0 aliphatic rings. The van der Waals surface area contributed by atoms with Crippen molar-refractivity contribution in [1.29, 1.82) is 0 Å². The number of urea groups is 1. The van der Waals surface area contributed by atoms with Crippen LogP contribution in [0.4, 0.5) is 16.2 Å². The number of halogens is 2. The van der Waals surface area contributed by atoms with Gasteiger partial charge in [0.05, 0.1) is 17.6 Å². The van der Waals surface area contributed by atoms with E-state index in [4.69, 9.17) is 16.7 Å². The maximum absolute atomic E-state index is 11.8. The molecule has 0 fully saturated rings. The molecule has 6 nitrogen and oxygen atoms in total. The average molecular weight is 371 g/mol. The molecule has 21 heavy (non-hydrogen) atoms. The molecule has 0 aliphatic carbocycles. The van der Waals surface area contributed by atoms with Gasteiger partial charge in [0, 0.05) is 9.50 Å². The monoisotopic (exact) mass is 369 g/mol. The number of carbonyl (C=O) groups excluding carboxylic acids is 1. The van der Waals surface area contributed by atoms with Gasteiger partial charge in [-0.05, 0) is 46.3 Å². The number of anilines is 2. The van der Waals surface area contributed by atoms with Gasteiger partial charge in [-0.3, -0.25) is 0 Å². The molecule has 8 heteroatoms. The molecule has 0 saturated heterocycles. The van der Waals surface area contributed by atoms with E-state index in [0.29, 0.717) is 20.9 Å². The van der Waals surface area contributed by atoms with Gasteiger partial charge in [-0.25, -0.2) is 14.6 Å². The van der Waals surface area contributed by atoms with Crippen LogP contribution in [0, 0.1) is 0 Å². The Labute approximate surface area is 133 Å². The Hall–Kier alpha value is -2.12. The number of carboxylic acids is 1. The predicted molar refractivity (Wildman–Crippen MR) is 83.0 cm³/mol. The van der Waals surface area contributed by atoms with Crippen molar-refractivity contribution in [2.24, 2.45) is 0 Å². The number of carbonyl (C=O) groups is 2. The molecule has 0 atom stereocenters. The molecule has 0 spiro atoms. The van der Waals surface area contributed by atoms with Crippen molar-refractivity contribution in [2.75, 3.05) is 10.6 Å². The Morgan fingerprint density at radius 2 is 1.95 bits per heavy atom. The second-order valence-electron chi connectivity index (χ2n) is 3.94. The van der Waals surface area contributed by atoms with Gasteiger partial charge in [0.1, 0.15) is 5.69 Å². The number of hydrogen-bond donors (Lipinski definition) is 3. The van der Waals surface area contributed by atoms with Crippen LogP contribution in [-0.4, -0.2) is 22.1 Å². The van der Waals surface area contributed by atoms with Crippen LogP contribution in [0.1, 0.15) is 10.5 Å². The van der Waals surface area contributed by atoms with Crippen LogP contribution in [0.5, 0.6) is 0 Å². The number of carboxylic acid groups (broad SMARTS) is 1. The van der Waals surface area contributed by atoms with Gasteiger partial charge in [-0.2, -0.15) is 0 Å². The minimum Gasteiger partial charge on any atom is -0.477 e. The molecular formula is C13H9BrClN3O3. The van der Waals surface area contributed by atoms with Crippen LogP contribution in [-0.2, 0) is 0 Å². The Bertz CT molecular complexity index is 692. The summed E-state index contributed by atoms with van der Waals surface area (Å²) in [7, 11) is 0. The number of aromatic carboxylic acids is 1. The lowest BCUT2D eigenvalue weighted by molar-refractivity contribution is 0.0690. The number of aromatic nitrogens is 1. The van der Waals surface area contributed by atoms with Crippen LogP contribution < -0.4 is 10.6 Å². The highest BCUT2D eigenvalue weighted by molar-refractivity contribution is 9.10. The van der Waals surface area contributed by atoms with Crippen molar-refractivity contribution < 1.29 is 14.7 Å². The molecule has 0 bridgehead atoms. The lowest BCUT2D eigenvalue weighted by Crippen LogP contribution is -2.20. The standard InChI is InChI=1S/C13H9BrClN3O3/c14-9-3-1-7(15)5-11(9)18-13(21)17-8-2-4-10(12(19)20)16-6-8/h1-6H,(H,19,20)(H2,17,18,21). The summed E-state index contributed by atoms with van der Waals surface area (Å²) in [6.07, 6.45) is 1.26. The topological polar surface area (TPSA) is 91.3 Å². The van der Waals surface area contributed by atoms with E-state index in [9.17, 15) is 9.59 Å². The Morgan fingerprint density at radius 1 is 1.19 bits per heavy atom. The normalized spacial score (nSPS) is 10.0. The van der Waals surface area contributed by atoms with E-state index in [1.165, 1.54) is 18.3 Å². The van der Waals surface area contributed by atoms with Gasteiger partial charge in [0.2, 0.25) is 0 Å². The SMILES string of the molecule is O=C(Nc1ccc(C(=O)O)nc1)Nc1cc(Cl)ccc1Br.